The zero-order valence-electron chi connectivity index (χ0n) is 16.2. The van der Waals surface area contributed by atoms with Gasteiger partial charge in [0.1, 0.15) is 5.75 Å². The normalized spacial score (nSPS) is 19.1. The molecular formula is C20H30ClN3O4. The zero-order chi connectivity index (χ0) is 19.3. The van der Waals surface area contributed by atoms with Crippen LogP contribution in [0.4, 0.5) is 0 Å². The Hall–Kier alpha value is -1.83. The maximum absolute atomic E-state index is 12.8. The van der Waals surface area contributed by atoms with Crippen molar-refractivity contribution in [3.63, 3.8) is 0 Å². The highest BCUT2D eigenvalue weighted by Crippen LogP contribution is 2.30. The summed E-state index contributed by atoms with van der Waals surface area (Å²) in [5.41, 5.74) is 6.33. The van der Waals surface area contributed by atoms with Crippen LogP contribution in [0.1, 0.15) is 44.2 Å². The molecular weight excluding hydrogens is 382 g/mol. The van der Waals surface area contributed by atoms with E-state index in [1.807, 2.05) is 31.2 Å². The van der Waals surface area contributed by atoms with Crippen molar-refractivity contribution >= 4 is 24.2 Å². The van der Waals surface area contributed by atoms with E-state index in [1.54, 1.807) is 0 Å². The lowest BCUT2D eigenvalue weighted by Gasteiger charge is -2.35. The van der Waals surface area contributed by atoms with Crippen molar-refractivity contribution in [2.24, 2.45) is 11.1 Å². The number of amides is 2. The van der Waals surface area contributed by atoms with Crippen molar-refractivity contribution in [2.75, 3.05) is 26.4 Å². The Balaban J connectivity index is 0.00000280. The van der Waals surface area contributed by atoms with Crippen LogP contribution in [0.25, 0.3) is 0 Å². The van der Waals surface area contributed by atoms with Gasteiger partial charge in [-0.25, -0.2) is 0 Å². The summed E-state index contributed by atoms with van der Waals surface area (Å²) in [6.07, 6.45) is 3.42. The van der Waals surface area contributed by atoms with Gasteiger partial charge in [-0.3, -0.25) is 9.59 Å². The van der Waals surface area contributed by atoms with E-state index in [9.17, 15) is 9.59 Å². The number of hydrogen-bond donors (Lipinski definition) is 3. The van der Waals surface area contributed by atoms with Gasteiger partial charge in [-0.2, -0.15) is 0 Å². The summed E-state index contributed by atoms with van der Waals surface area (Å²) in [5, 5.41) is 5.96. The molecule has 8 heteroatoms. The number of ether oxygens (including phenoxy) is 2. The van der Waals surface area contributed by atoms with Gasteiger partial charge >= 0.3 is 0 Å². The molecule has 1 saturated carbocycles. The minimum atomic E-state index is -0.537. The molecule has 0 spiro atoms. The van der Waals surface area contributed by atoms with Gasteiger partial charge in [0.05, 0.1) is 11.5 Å². The van der Waals surface area contributed by atoms with Crippen molar-refractivity contribution in [3.05, 3.63) is 29.8 Å². The first kappa shape index (κ1) is 22.5. The third-order valence-corrected chi connectivity index (χ3v) is 5.36. The van der Waals surface area contributed by atoms with Crippen molar-refractivity contribution in [2.45, 2.75) is 44.7 Å². The predicted octanol–water partition coefficient (Wildman–Crippen LogP) is 1.70. The molecule has 7 nitrogen and oxygen atoms in total. The number of hydrogen-bond acceptors (Lipinski definition) is 5. The molecule has 4 N–H and O–H groups in total. The Morgan fingerprint density at radius 1 is 1.25 bits per heavy atom. The Morgan fingerprint density at radius 2 is 1.89 bits per heavy atom. The maximum Gasteiger partial charge on any atom is 0.258 e. The van der Waals surface area contributed by atoms with E-state index in [0.29, 0.717) is 44.4 Å². The molecule has 2 aliphatic rings. The molecule has 1 unspecified atom stereocenters. The predicted molar refractivity (Wildman–Crippen MR) is 108 cm³/mol. The SMILES string of the molecule is CC(NC(=O)C1(CN)CCOCC1)c1ccc(OCC(=O)NC2CC2)cc1.Cl. The standard InChI is InChI=1S/C20H29N3O4.ClH/c1-14(22-19(25)20(13-21)8-10-26-11-9-20)15-2-6-17(7-3-15)27-12-18(24)23-16-4-5-16;/h2-3,6-7,14,16H,4-5,8-13,21H2,1H3,(H,22,25)(H,23,24);1H. The third-order valence-electron chi connectivity index (χ3n) is 5.36. The van der Waals surface area contributed by atoms with Crippen molar-refractivity contribution in [1.29, 1.82) is 0 Å². The summed E-state index contributed by atoms with van der Waals surface area (Å²) in [7, 11) is 0. The molecule has 28 heavy (non-hydrogen) atoms. The largest absolute Gasteiger partial charge is 0.484 e. The van der Waals surface area contributed by atoms with Crippen LogP contribution in [-0.4, -0.2) is 44.2 Å². The molecule has 1 aliphatic carbocycles. The minimum absolute atomic E-state index is 0. The summed E-state index contributed by atoms with van der Waals surface area (Å²) >= 11 is 0. The van der Waals surface area contributed by atoms with Gasteiger partial charge in [0.15, 0.2) is 6.61 Å². The van der Waals surface area contributed by atoms with Crippen LogP contribution in [0.3, 0.4) is 0 Å². The molecule has 1 aromatic rings. The Labute approximate surface area is 172 Å². The quantitative estimate of drug-likeness (QED) is 0.604. The van der Waals surface area contributed by atoms with Gasteiger partial charge in [-0.1, -0.05) is 12.1 Å². The molecule has 1 saturated heterocycles. The summed E-state index contributed by atoms with van der Waals surface area (Å²) in [6.45, 7) is 3.42. The highest BCUT2D eigenvalue weighted by molar-refractivity contribution is 5.85. The molecule has 1 heterocycles. The fraction of sp³-hybridized carbons (Fsp3) is 0.600. The van der Waals surface area contributed by atoms with Crippen LogP contribution in [0.15, 0.2) is 24.3 Å². The molecule has 3 rings (SSSR count). The average molecular weight is 412 g/mol. The molecule has 2 fully saturated rings. The van der Waals surface area contributed by atoms with Crippen LogP contribution < -0.4 is 21.1 Å². The smallest absolute Gasteiger partial charge is 0.258 e. The Kier molecular flexibility index (Phi) is 8.10. The van der Waals surface area contributed by atoms with Crippen LogP contribution >= 0.6 is 12.4 Å². The van der Waals surface area contributed by atoms with Crippen molar-refractivity contribution in [1.82, 2.24) is 10.6 Å². The fourth-order valence-electron chi connectivity index (χ4n) is 3.22. The number of carbonyl (C=O) groups is 2. The molecule has 1 aromatic carbocycles. The zero-order valence-corrected chi connectivity index (χ0v) is 17.1. The van der Waals surface area contributed by atoms with E-state index in [0.717, 1.165) is 18.4 Å². The maximum atomic E-state index is 12.8. The highest BCUT2D eigenvalue weighted by Gasteiger charge is 2.39. The number of benzene rings is 1. The average Bonchev–Trinajstić information content (AvgIpc) is 3.51. The fourth-order valence-corrected chi connectivity index (χ4v) is 3.22. The first-order valence-corrected chi connectivity index (χ1v) is 9.63. The lowest BCUT2D eigenvalue weighted by Crippen LogP contribution is -2.49. The third kappa shape index (κ3) is 5.83. The summed E-state index contributed by atoms with van der Waals surface area (Å²) in [4.78, 5) is 24.4. The van der Waals surface area contributed by atoms with E-state index in [2.05, 4.69) is 10.6 Å². The summed E-state index contributed by atoms with van der Waals surface area (Å²) in [6, 6.07) is 7.62. The van der Waals surface area contributed by atoms with Crippen LogP contribution in [0.2, 0.25) is 0 Å². The topological polar surface area (TPSA) is 103 Å². The summed E-state index contributed by atoms with van der Waals surface area (Å²) < 4.78 is 10.9. The van der Waals surface area contributed by atoms with Gasteiger partial charge in [-0.15, -0.1) is 12.4 Å². The number of carbonyl (C=O) groups excluding carboxylic acids is 2. The molecule has 0 aromatic heterocycles. The monoisotopic (exact) mass is 411 g/mol. The van der Waals surface area contributed by atoms with E-state index in [1.165, 1.54) is 0 Å². The van der Waals surface area contributed by atoms with Crippen molar-refractivity contribution < 1.29 is 19.1 Å². The second-order valence-electron chi connectivity index (χ2n) is 7.49. The lowest BCUT2D eigenvalue weighted by atomic mass is 9.79. The van der Waals surface area contributed by atoms with E-state index in [4.69, 9.17) is 15.2 Å². The molecule has 0 bridgehead atoms. The molecule has 0 radical (unpaired) electrons. The highest BCUT2D eigenvalue weighted by atomic mass is 35.5. The lowest BCUT2D eigenvalue weighted by molar-refractivity contribution is -0.136. The minimum Gasteiger partial charge on any atom is -0.484 e. The number of rotatable bonds is 8. The van der Waals surface area contributed by atoms with Gasteiger partial charge in [0.25, 0.3) is 5.91 Å². The molecule has 2 amide bonds. The number of nitrogens with two attached hydrogens (primary N) is 1. The van der Waals surface area contributed by atoms with Gasteiger partial charge in [-0.05, 0) is 50.3 Å². The van der Waals surface area contributed by atoms with Crippen LogP contribution in [0.5, 0.6) is 5.75 Å². The second-order valence-corrected chi connectivity index (χ2v) is 7.49. The molecule has 1 aliphatic heterocycles. The van der Waals surface area contributed by atoms with E-state index >= 15 is 0 Å². The first-order valence-electron chi connectivity index (χ1n) is 9.63. The van der Waals surface area contributed by atoms with Gasteiger partial charge in [0.2, 0.25) is 5.91 Å². The van der Waals surface area contributed by atoms with Gasteiger partial charge < -0.3 is 25.8 Å². The first-order chi connectivity index (χ1) is 13.0. The molecule has 1 atom stereocenters. The van der Waals surface area contributed by atoms with Crippen molar-refractivity contribution in [3.8, 4) is 5.75 Å². The Morgan fingerprint density at radius 3 is 2.46 bits per heavy atom. The Bertz CT molecular complexity index is 658. The van der Waals surface area contributed by atoms with E-state index in [-0.39, 0.29) is 36.9 Å². The second kappa shape index (κ2) is 10.1. The van der Waals surface area contributed by atoms with Gasteiger partial charge in [0, 0.05) is 25.8 Å². The van der Waals surface area contributed by atoms with E-state index < -0.39 is 5.41 Å². The van der Waals surface area contributed by atoms with Crippen LogP contribution in [-0.2, 0) is 14.3 Å². The number of halogens is 1. The summed E-state index contributed by atoms with van der Waals surface area (Å²) in [5.74, 6) is 0.523. The number of nitrogens with one attached hydrogen (secondary N) is 2. The van der Waals surface area contributed by atoms with Crippen LogP contribution in [0, 0.1) is 5.41 Å². The molecule has 156 valence electrons.